The van der Waals surface area contributed by atoms with Crippen LogP contribution in [0.2, 0.25) is 0 Å². The minimum absolute atomic E-state index is 0.0267. The van der Waals surface area contributed by atoms with Gasteiger partial charge in [-0.05, 0) is 19.8 Å². The normalized spacial score (nSPS) is 18.6. The predicted molar refractivity (Wildman–Crippen MR) is 75.3 cm³/mol. The fraction of sp³-hybridized carbons (Fsp3) is 0.929. The molecule has 1 aliphatic rings. The summed E-state index contributed by atoms with van der Waals surface area (Å²) >= 11 is 0. The Bertz CT molecular complexity index is 305. The summed E-state index contributed by atoms with van der Waals surface area (Å²) in [6.07, 6.45) is 0.0267. The van der Waals surface area contributed by atoms with E-state index < -0.39 is 0 Å². The van der Waals surface area contributed by atoms with Crippen LogP contribution in [0.15, 0.2) is 0 Å². The third kappa shape index (κ3) is 3.39. The van der Waals surface area contributed by atoms with Crippen molar-refractivity contribution in [2.75, 3.05) is 40.5 Å². The molecule has 0 radical (unpaired) electrons. The first-order valence-corrected chi connectivity index (χ1v) is 6.94. The highest BCUT2D eigenvalue weighted by Gasteiger charge is 2.44. The smallest absolute Gasteiger partial charge is 0.320 e. The van der Waals surface area contributed by atoms with Crippen LogP contribution in [0.3, 0.4) is 0 Å². The number of carbonyl (C=O) groups excluding carboxylic acids is 1. The first kappa shape index (κ1) is 16.2. The molecular formula is C14H28N2O3. The second kappa shape index (κ2) is 6.57. The fourth-order valence-electron chi connectivity index (χ4n) is 3.06. The van der Waals surface area contributed by atoms with Gasteiger partial charge in [0.1, 0.15) is 0 Å². The van der Waals surface area contributed by atoms with E-state index in [2.05, 4.69) is 27.7 Å². The molecular weight excluding hydrogens is 244 g/mol. The molecule has 112 valence electrons. The summed E-state index contributed by atoms with van der Waals surface area (Å²) in [6.45, 7) is 11.2. The van der Waals surface area contributed by atoms with Crippen molar-refractivity contribution in [2.24, 2.45) is 5.92 Å². The first-order valence-electron chi connectivity index (χ1n) is 6.94. The van der Waals surface area contributed by atoms with E-state index in [1.165, 1.54) is 0 Å². The van der Waals surface area contributed by atoms with Gasteiger partial charge in [-0.1, -0.05) is 13.8 Å². The molecule has 19 heavy (non-hydrogen) atoms. The average Bonchev–Trinajstić information content (AvgIpc) is 2.68. The minimum atomic E-state index is -0.304. The Morgan fingerprint density at radius 2 is 1.89 bits per heavy atom. The summed E-state index contributed by atoms with van der Waals surface area (Å²) in [4.78, 5) is 16.2. The van der Waals surface area contributed by atoms with Crippen molar-refractivity contribution in [1.82, 2.24) is 9.80 Å². The average molecular weight is 272 g/mol. The van der Waals surface area contributed by atoms with Crippen LogP contribution in [0.4, 0.5) is 4.79 Å². The SMILES string of the molecule is COCCN1CCN(C(C)(C)C(OC)C(C)C)C1=O. The highest BCUT2D eigenvalue weighted by molar-refractivity contribution is 5.77. The number of rotatable bonds is 7. The van der Waals surface area contributed by atoms with Crippen molar-refractivity contribution in [1.29, 1.82) is 0 Å². The molecule has 0 bridgehead atoms. The van der Waals surface area contributed by atoms with Crippen molar-refractivity contribution < 1.29 is 14.3 Å². The highest BCUT2D eigenvalue weighted by Crippen LogP contribution is 2.29. The van der Waals surface area contributed by atoms with E-state index in [1.807, 2.05) is 9.80 Å². The van der Waals surface area contributed by atoms with Gasteiger partial charge < -0.3 is 19.3 Å². The molecule has 1 heterocycles. The number of carbonyl (C=O) groups is 1. The molecule has 0 spiro atoms. The number of ether oxygens (including phenoxy) is 2. The van der Waals surface area contributed by atoms with E-state index in [4.69, 9.17) is 9.47 Å². The summed E-state index contributed by atoms with van der Waals surface area (Å²) < 4.78 is 10.7. The Kier molecular flexibility index (Phi) is 5.62. The van der Waals surface area contributed by atoms with Crippen LogP contribution in [0.25, 0.3) is 0 Å². The molecule has 0 N–H and O–H groups in total. The standard InChI is InChI=1S/C14H28N2O3/c1-11(2)12(19-6)14(3,4)16-8-7-15(13(16)17)9-10-18-5/h11-12H,7-10H2,1-6H3. The lowest BCUT2D eigenvalue weighted by Gasteiger charge is -2.42. The zero-order valence-corrected chi connectivity index (χ0v) is 13.1. The Labute approximate surface area is 116 Å². The van der Waals surface area contributed by atoms with Gasteiger partial charge >= 0.3 is 6.03 Å². The number of urea groups is 1. The minimum Gasteiger partial charge on any atom is -0.383 e. The molecule has 0 aromatic heterocycles. The van der Waals surface area contributed by atoms with E-state index in [-0.39, 0.29) is 17.7 Å². The number of methoxy groups -OCH3 is 2. The van der Waals surface area contributed by atoms with Gasteiger partial charge in [-0.2, -0.15) is 0 Å². The van der Waals surface area contributed by atoms with Gasteiger partial charge in [0.15, 0.2) is 0 Å². The number of hydrogen-bond donors (Lipinski definition) is 0. The Hall–Kier alpha value is -0.810. The van der Waals surface area contributed by atoms with Crippen molar-refractivity contribution in [2.45, 2.75) is 39.3 Å². The summed E-state index contributed by atoms with van der Waals surface area (Å²) in [5.41, 5.74) is -0.304. The number of nitrogens with zero attached hydrogens (tertiary/aromatic N) is 2. The van der Waals surface area contributed by atoms with Gasteiger partial charge in [0.2, 0.25) is 0 Å². The molecule has 1 fully saturated rings. The number of amides is 2. The van der Waals surface area contributed by atoms with E-state index in [9.17, 15) is 4.79 Å². The second-order valence-corrected chi connectivity index (χ2v) is 5.97. The monoisotopic (exact) mass is 272 g/mol. The van der Waals surface area contributed by atoms with Crippen LogP contribution >= 0.6 is 0 Å². The van der Waals surface area contributed by atoms with E-state index in [1.54, 1.807) is 14.2 Å². The molecule has 1 rings (SSSR count). The predicted octanol–water partition coefficient (Wildman–Crippen LogP) is 1.82. The molecule has 0 saturated carbocycles. The van der Waals surface area contributed by atoms with Crippen LogP contribution in [0, 0.1) is 5.92 Å². The topological polar surface area (TPSA) is 42.0 Å². The molecule has 1 atom stereocenters. The lowest BCUT2D eigenvalue weighted by atomic mass is 9.87. The van der Waals surface area contributed by atoms with Crippen LogP contribution in [-0.2, 0) is 9.47 Å². The third-order valence-corrected chi connectivity index (χ3v) is 3.91. The van der Waals surface area contributed by atoms with E-state index >= 15 is 0 Å². The van der Waals surface area contributed by atoms with E-state index in [0.717, 1.165) is 13.1 Å². The first-order chi connectivity index (χ1) is 8.86. The highest BCUT2D eigenvalue weighted by atomic mass is 16.5. The van der Waals surface area contributed by atoms with Crippen molar-refractivity contribution in [3.8, 4) is 0 Å². The maximum Gasteiger partial charge on any atom is 0.320 e. The quantitative estimate of drug-likeness (QED) is 0.710. The summed E-state index contributed by atoms with van der Waals surface area (Å²) in [6, 6.07) is 0.0877. The maximum absolute atomic E-state index is 12.4. The van der Waals surface area contributed by atoms with Crippen LogP contribution in [0.1, 0.15) is 27.7 Å². The summed E-state index contributed by atoms with van der Waals surface area (Å²) in [5.74, 6) is 0.362. The van der Waals surface area contributed by atoms with Crippen LogP contribution in [-0.4, -0.2) is 67.9 Å². The Morgan fingerprint density at radius 1 is 1.26 bits per heavy atom. The summed E-state index contributed by atoms with van der Waals surface area (Å²) in [7, 11) is 3.37. The third-order valence-electron chi connectivity index (χ3n) is 3.91. The molecule has 1 aliphatic heterocycles. The maximum atomic E-state index is 12.4. The molecule has 0 aromatic carbocycles. The Morgan fingerprint density at radius 3 is 2.37 bits per heavy atom. The van der Waals surface area contributed by atoms with Gasteiger partial charge in [0, 0.05) is 33.9 Å². The lowest BCUT2D eigenvalue weighted by Crippen LogP contribution is -2.56. The zero-order chi connectivity index (χ0) is 14.6. The number of hydrogen-bond acceptors (Lipinski definition) is 3. The van der Waals surface area contributed by atoms with Gasteiger partial charge in [-0.25, -0.2) is 4.79 Å². The van der Waals surface area contributed by atoms with Crippen molar-refractivity contribution in [3.63, 3.8) is 0 Å². The molecule has 5 nitrogen and oxygen atoms in total. The van der Waals surface area contributed by atoms with Gasteiger partial charge in [-0.3, -0.25) is 0 Å². The van der Waals surface area contributed by atoms with Crippen LogP contribution in [0.5, 0.6) is 0 Å². The molecule has 1 saturated heterocycles. The van der Waals surface area contributed by atoms with E-state index in [0.29, 0.717) is 19.1 Å². The fourth-order valence-corrected chi connectivity index (χ4v) is 3.06. The molecule has 0 aliphatic carbocycles. The second-order valence-electron chi connectivity index (χ2n) is 5.97. The van der Waals surface area contributed by atoms with Crippen molar-refractivity contribution in [3.05, 3.63) is 0 Å². The van der Waals surface area contributed by atoms with Crippen LogP contribution < -0.4 is 0 Å². The van der Waals surface area contributed by atoms with Gasteiger partial charge in [0.05, 0.1) is 18.2 Å². The Balaban J connectivity index is 2.77. The molecule has 2 amide bonds. The largest absolute Gasteiger partial charge is 0.383 e. The molecule has 5 heteroatoms. The zero-order valence-electron chi connectivity index (χ0n) is 13.1. The lowest BCUT2D eigenvalue weighted by molar-refractivity contribution is -0.0384. The molecule has 1 unspecified atom stereocenters. The summed E-state index contributed by atoms with van der Waals surface area (Å²) in [5, 5.41) is 0. The molecule has 0 aromatic rings. The van der Waals surface area contributed by atoms with Crippen molar-refractivity contribution >= 4 is 6.03 Å². The van der Waals surface area contributed by atoms with Gasteiger partial charge in [-0.15, -0.1) is 0 Å². The van der Waals surface area contributed by atoms with Gasteiger partial charge in [0.25, 0.3) is 0 Å².